The number of aliphatic carboxylic acids is 1. The van der Waals surface area contributed by atoms with E-state index in [4.69, 9.17) is 4.74 Å². The summed E-state index contributed by atoms with van der Waals surface area (Å²) in [6, 6.07) is 15.3. The van der Waals surface area contributed by atoms with Gasteiger partial charge in [0.2, 0.25) is 5.91 Å². The molecule has 2 aromatic rings. The monoisotopic (exact) mass is 450 g/mol. The highest BCUT2D eigenvalue weighted by Crippen LogP contribution is 2.44. The number of fused-ring (bicyclic) bond motifs is 3. The molecule has 7 nitrogen and oxygen atoms in total. The minimum atomic E-state index is -1.24. The molecule has 1 fully saturated rings. The Labute approximate surface area is 193 Å². The molecule has 0 radical (unpaired) electrons. The van der Waals surface area contributed by atoms with Crippen molar-refractivity contribution >= 4 is 18.0 Å². The lowest BCUT2D eigenvalue weighted by Crippen LogP contribution is -2.61. The first-order valence-electron chi connectivity index (χ1n) is 11.5. The lowest BCUT2D eigenvalue weighted by molar-refractivity contribution is -0.155. The maximum Gasteiger partial charge on any atom is 0.408 e. The molecule has 0 aromatic heterocycles. The summed E-state index contributed by atoms with van der Waals surface area (Å²) in [4.78, 5) is 39.1. The minimum Gasteiger partial charge on any atom is -0.480 e. The summed E-state index contributed by atoms with van der Waals surface area (Å²) in [7, 11) is 0. The second-order valence-corrected chi connectivity index (χ2v) is 8.98. The van der Waals surface area contributed by atoms with Gasteiger partial charge in [0.15, 0.2) is 0 Å². The Kier molecular flexibility index (Phi) is 6.40. The number of rotatable bonds is 6. The first-order chi connectivity index (χ1) is 15.9. The lowest BCUT2D eigenvalue weighted by Gasteiger charge is -2.39. The molecule has 2 N–H and O–H groups in total. The van der Waals surface area contributed by atoms with Gasteiger partial charge in [0.05, 0.1) is 0 Å². The molecule has 2 unspecified atom stereocenters. The predicted octanol–water partition coefficient (Wildman–Crippen LogP) is 4.16. The average molecular weight is 451 g/mol. The first-order valence-corrected chi connectivity index (χ1v) is 11.5. The van der Waals surface area contributed by atoms with Crippen LogP contribution >= 0.6 is 0 Å². The lowest BCUT2D eigenvalue weighted by atomic mass is 9.93. The van der Waals surface area contributed by atoms with E-state index in [2.05, 4.69) is 17.4 Å². The van der Waals surface area contributed by atoms with Gasteiger partial charge in [-0.2, -0.15) is 0 Å². The molecule has 2 amide bonds. The Balaban J connectivity index is 1.46. The van der Waals surface area contributed by atoms with Gasteiger partial charge in [-0.25, -0.2) is 9.59 Å². The van der Waals surface area contributed by atoms with E-state index in [9.17, 15) is 19.5 Å². The number of nitrogens with one attached hydrogen (secondary N) is 1. The number of carbonyl (C=O) groups is 3. The topological polar surface area (TPSA) is 95.9 Å². The molecule has 2 aliphatic rings. The van der Waals surface area contributed by atoms with Crippen LogP contribution in [0.4, 0.5) is 4.79 Å². The SMILES string of the molecule is CCC(C)(NC(=O)OCC1c2ccccc2-c2ccccc21)C(=O)N1CCCCC1C(=O)O. The largest absolute Gasteiger partial charge is 0.480 e. The Morgan fingerprint density at radius 3 is 2.24 bits per heavy atom. The molecule has 33 heavy (non-hydrogen) atoms. The molecule has 7 heteroatoms. The van der Waals surface area contributed by atoms with Gasteiger partial charge in [-0.15, -0.1) is 0 Å². The van der Waals surface area contributed by atoms with E-state index in [1.165, 1.54) is 4.90 Å². The maximum absolute atomic E-state index is 13.3. The van der Waals surface area contributed by atoms with Crippen LogP contribution in [0.25, 0.3) is 11.1 Å². The van der Waals surface area contributed by atoms with E-state index >= 15 is 0 Å². The van der Waals surface area contributed by atoms with Crippen molar-refractivity contribution in [2.75, 3.05) is 13.2 Å². The van der Waals surface area contributed by atoms with E-state index in [0.717, 1.165) is 35.1 Å². The van der Waals surface area contributed by atoms with Gasteiger partial charge >= 0.3 is 12.1 Å². The number of hydrogen-bond acceptors (Lipinski definition) is 4. The number of carbonyl (C=O) groups excluding carboxylic acids is 2. The van der Waals surface area contributed by atoms with E-state index in [0.29, 0.717) is 19.4 Å². The first kappa shape index (κ1) is 22.8. The number of ether oxygens (including phenoxy) is 1. The molecule has 1 saturated heterocycles. The fourth-order valence-corrected chi connectivity index (χ4v) is 4.90. The van der Waals surface area contributed by atoms with Gasteiger partial charge in [-0.05, 0) is 54.9 Å². The van der Waals surface area contributed by atoms with Gasteiger partial charge in [-0.3, -0.25) is 4.79 Å². The number of nitrogens with zero attached hydrogens (tertiary/aromatic N) is 1. The van der Waals surface area contributed by atoms with Crippen molar-refractivity contribution in [3.8, 4) is 11.1 Å². The zero-order chi connectivity index (χ0) is 23.6. The van der Waals surface area contributed by atoms with Crippen molar-refractivity contribution in [1.82, 2.24) is 10.2 Å². The van der Waals surface area contributed by atoms with Crippen LogP contribution in [0.3, 0.4) is 0 Å². The Bertz CT molecular complexity index is 1020. The van der Waals surface area contributed by atoms with E-state index < -0.39 is 23.6 Å². The summed E-state index contributed by atoms with van der Waals surface area (Å²) in [5, 5.41) is 12.3. The molecule has 0 saturated carbocycles. The van der Waals surface area contributed by atoms with Crippen molar-refractivity contribution < 1.29 is 24.2 Å². The number of benzene rings is 2. The number of carboxylic acid groups (broad SMARTS) is 1. The van der Waals surface area contributed by atoms with E-state index in [1.54, 1.807) is 13.8 Å². The van der Waals surface area contributed by atoms with Crippen molar-refractivity contribution in [3.05, 3.63) is 59.7 Å². The summed E-state index contributed by atoms with van der Waals surface area (Å²) in [6.07, 6.45) is 1.58. The summed E-state index contributed by atoms with van der Waals surface area (Å²) >= 11 is 0. The number of amides is 2. The normalized spacial score (nSPS) is 19.2. The molecule has 0 bridgehead atoms. The zero-order valence-electron chi connectivity index (χ0n) is 19.0. The number of carboxylic acids is 1. The summed E-state index contributed by atoms with van der Waals surface area (Å²) in [6.45, 7) is 3.94. The van der Waals surface area contributed by atoms with Crippen LogP contribution in [0, 0.1) is 0 Å². The van der Waals surface area contributed by atoms with Gasteiger partial charge < -0.3 is 20.1 Å². The van der Waals surface area contributed by atoms with Crippen LogP contribution in [0.5, 0.6) is 0 Å². The molecule has 1 aliphatic carbocycles. The van der Waals surface area contributed by atoms with Crippen LogP contribution in [-0.4, -0.2) is 52.7 Å². The molecule has 174 valence electrons. The van der Waals surface area contributed by atoms with Crippen LogP contribution in [-0.2, 0) is 14.3 Å². The van der Waals surface area contributed by atoms with Crippen LogP contribution < -0.4 is 5.32 Å². The van der Waals surface area contributed by atoms with Crippen molar-refractivity contribution in [3.63, 3.8) is 0 Å². The molecule has 4 rings (SSSR count). The molecule has 2 atom stereocenters. The van der Waals surface area contributed by atoms with Gasteiger partial charge in [0.25, 0.3) is 0 Å². The second kappa shape index (κ2) is 9.25. The summed E-state index contributed by atoms with van der Waals surface area (Å²) in [5.41, 5.74) is 3.26. The minimum absolute atomic E-state index is 0.0785. The highest BCUT2D eigenvalue weighted by Gasteiger charge is 2.42. The molecule has 1 heterocycles. The fraction of sp³-hybridized carbons (Fsp3) is 0.423. The maximum atomic E-state index is 13.3. The number of hydrogen-bond donors (Lipinski definition) is 2. The standard InChI is InChI=1S/C26H30N2O5/c1-3-26(2,24(31)28-15-9-8-14-22(28)23(29)30)27-25(32)33-16-21-19-12-6-4-10-17(19)18-11-5-7-13-20(18)21/h4-7,10-13,21-22H,3,8-9,14-16H2,1-2H3,(H,27,32)(H,29,30). The molecular weight excluding hydrogens is 420 g/mol. The predicted molar refractivity (Wildman–Crippen MR) is 124 cm³/mol. The number of likely N-dealkylation sites (tertiary alicyclic amines) is 1. The smallest absolute Gasteiger partial charge is 0.408 e. The van der Waals surface area contributed by atoms with Crippen LogP contribution in [0.1, 0.15) is 56.6 Å². The Hall–Kier alpha value is -3.35. The Morgan fingerprint density at radius 1 is 1.06 bits per heavy atom. The van der Waals surface area contributed by atoms with Crippen molar-refractivity contribution in [2.24, 2.45) is 0 Å². The number of piperidine rings is 1. The molecule has 2 aromatic carbocycles. The highest BCUT2D eigenvalue weighted by atomic mass is 16.5. The summed E-state index contributed by atoms with van der Waals surface area (Å²) < 4.78 is 5.61. The zero-order valence-corrected chi connectivity index (χ0v) is 19.0. The van der Waals surface area contributed by atoms with Crippen molar-refractivity contribution in [1.29, 1.82) is 0 Å². The Morgan fingerprint density at radius 2 is 1.67 bits per heavy atom. The van der Waals surface area contributed by atoms with Crippen LogP contribution in [0.15, 0.2) is 48.5 Å². The number of alkyl carbamates (subject to hydrolysis) is 1. The third-order valence-electron chi connectivity index (χ3n) is 6.95. The van der Waals surface area contributed by atoms with E-state index in [-0.39, 0.29) is 18.4 Å². The van der Waals surface area contributed by atoms with Crippen molar-refractivity contribution in [2.45, 2.75) is 57.0 Å². The third-order valence-corrected chi connectivity index (χ3v) is 6.95. The highest BCUT2D eigenvalue weighted by molar-refractivity contribution is 5.92. The molecule has 1 aliphatic heterocycles. The third kappa shape index (κ3) is 4.32. The molecular formula is C26H30N2O5. The van der Waals surface area contributed by atoms with Crippen LogP contribution in [0.2, 0.25) is 0 Å². The van der Waals surface area contributed by atoms with Gasteiger partial charge in [0, 0.05) is 12.5 Å². The quantitative estimate of drug-likeness (QED) is 0.689. The molecule has 0 spiro atoms. The summed E-state index contributed by atoms with van der Waals surface area (Å²) in [5.74, 6) is -1.47. The van der Waals surface area contributed by atoms with Gasteiger partial charge in [0.1, 0.15) is 18.2 Å². The fourth-order valence-electron chi connectivity index (χ4n) is 4.90. The average Bonchev–Trinajstić information content (AvgIpc) is 3.16. The second-order valence-electron chi connectivity index (χ2n) is 8.98. The van der Waals surface area contributed by atoms with E-state index in [1.807, 2.05) is 36.4 Å². The van der Waals surface area contributed by atoms with Gasteiger partial charge in [-0.1, -0.05) is 55.5 Å².